The number of morpholine rings is 1. The lowest BCUT2D eigenvalue weighted by Crippen LogP contribution is -2.36. The van der Waals surface area contributed by atoms with Gasteiger partial charge in [-0.1, -0.05) is 12.1 Å². The molecule has 0 amide bonds. The summed E-state index contributed by atoms with van der Waals surface area (Å²) in [6.07, 6.45) is 5.78. The standard InChI is InChI=1S/C25H27N7O2/c26-21(7-12-33)20-6-1-17(15-22(20)27)23-16-32-9-8-28-25(32)24(30-23)29-18-2-4-19(5-3-18)31-10-13-34-14-11-31/h1-6,8-9,15-16,26,33H,7,10-14,27H2,(H,29,30). The highest BCUT2D eigenvalue weighted by atomic mass is 16.5. The predicted molar refractivity (Wildman–Crippen MR) is 134 cm³/mol. The summed E-state index contributed by atoms with van der Waals surface area (Å²) >= 11 is 0. The molecule has 5 rings (SSSR count). The zero-order chi connectivity index (χ0) is 23.5. The molecule has 0 unspecified atom stereocenters. The molecule has 1 aliphatic rings. The lowest BCUT2D eigenvalue weighted by atomic mass is 10.0. The maximum atomic E-state index is 9.12. The minimum Gasteiger partial charge on any atom is -0.398 e. The van der Waals surface area contributed by atoms with Gasteiger partial charge in [0.15, 0.2) is 11.5 Å². The molecule has 0 atom stereocenters. The number of ether oxygens (including phenoxy) is 1. The summed E-state index contributed by atoms with van der Waals surface area (Å²) in [4.78, 5) is 11.6. The first-order valence-electron chi connectivity index (χ1n) is 11.2. The zero-order valence-electron chi connectivity index (χ0n) is 18.7. The molecule has 9 nitrogen and oxygen atoms in total. The SMILES string of the molecule is N=C(CCO)c1ccc(-c2cn3ccnc3c(Nc3ccc(N4CCOCC4)cc3)n2)cc1N. The van der Waals surface area contributed by atoms with Crippen molar-refractivity contribution in [1.29, 1.82) is 5.41 Å². The molecule has 3 heterocycles. The van der Waals surface area contributed by atoms with Crippen LogP contribution in [-0.2, 0) is 4.74 Å². The van der Waals surface area contributed by atoms with Crippen LogP contribution >= 0.6 is 0 Å². The van der Waals surface area contributed by atoms with E-state index in [2.05, 4.69) is 27.3 Å². The van der Waals surface area contributed by atoms with E-state index in [0.717, 1.165) is 48.9 Å². The van der Waals surface area contributed by atoms with Crippen molar-refractivity contribution in [3.63, 3.8) is 0 Å². The highest BCUT2D eigenvalue weighted by molar-refractivity contribution is 6.03. The molecular formula is C25H27N7O2. The van der Waals surface area contributed by atoms with E-state index < -0.39 is 0 Å². The Labute approximate surface area is 197 Å². The van der Waals surface area contributed by atoms with Crippen molar-refractivity contribution < 1.29 is 9.84 Å². The van der Waals surface area contributed by atoms with Crippen molar-refractivity contribution in [3.8, 4) is 11.3 Å². The summed E-state index contributed by atoms with van der Waals surface area (Å²) in [5, 5.41) is 20.6. The van der Waals surface area contributed by atoms with Crippen molar-refractivity contribution in [1.82, 2.24) is 14.4 Å². The van der Waals surface area contributed by atoms with E-state index in [0.29, 0.717) is 22.8 Å². The van der Waals surface area contributed by atoms with Crippen LogP contribution in [0.4, 0.5) is 22.9 Å². The van der Waals surface area contributed by atoms with Gasteiger partial charge in [-0.15, -0.1) is 0 Å². The molecule has 2 aromatic heterocycles. The van der Waals surface area contributed by atoms with E-state index >= 15 is 0 Å². The fourth-order valence-electron chi connectivity index (χ4n) is 4.11. The van der Waals surface area contributed by atoms with Gasteiger partial charge in [0.1, 0.15) is 0 Å². The first kappa shape index (κ1) is 21.9. The number of hydrogen-bond donors (Lipinski definition) is 4. The van der Waals surface area contributed by atoms with Crippen LogP contribution in [0.1, 0.15) is 12.0 Å². The average molecular weight is 458 g/mol. The number of nitrogens with zero attached hydrogens (tertiary/aromatic N) is 4. The van der Waals surface area contributed by atoms with Crippen molar-refractivity contribution in [2.24, 2.45) is 0 Å². The molecule has 0 radical (unpaired) electrons. The Kier molecular flexibility index (Phi) is 6.11. The monoisotopic (exact) mass is 457 g/mol. The van der Waals surface area contributed by atoms with Crippen LogP contribution in [0, 0.1) is 5.41 Å². The third-order valence-corrected chi connectivity index (χ3v) is 5.91. The Balaban J connectivity index is 1.43. The van der Waals surface area contributed by atoms with Gasteiger partial charge >= 0.3 is 0 Å². The molecule has 1 aliphatic heterocycles. The summed E-state index contributed by atoms with van der Waals surface area (Å²) in [6.45, 7) is 3.21. The van der Waals surface area contributed by atoms with E-state index in [9.17, 15) is 0 Å². The normalized spacial score (nSPS) is 13.9. The van der Waals surface area contributed by atoms with Gasteiger partial charge in [0.25, 0.3) is 0 Å². The molecule has 9 heteroatoms. The maximum absolute atomic E-state index is 9.12. The highest BCUT2D eigenvalue weighted by Crippen LogP contribution is 2.28. The fourth-order valence-corrected chi connectivity index (χ4v) is 4.11. The molecule has 1 fully saturated rings. The molecule has 174 valence electrons. The summed E-state index contributed by atoms with van der Waals surface area (Å²) in [5.74, 6) is 0.636. The third-order valence-electron chi connectivity index (χ3n) is 5.91. The van der Waals surface area contributed by atoms with Gasteiger partial charge in [-0.3, -0.25) is 0 Å². The number of imidazole rings is 1. The van der Waals surface area contributed by atoms with Gasteiger partial charge in [-0.05, 0) is 30.3 Å². The number of anilines is 4. The van der Waals surface area contributed by atoms with Gasteiger partial charge in [-0.2, -0.15) is 0 Å². The third kappa shape index (κ3) is 4.43. The fraction of sp³-hybridized carbons (Fsp3) is 0.240. The Morgan fingerprint density at radius 1 is 1.15 bits per heavy atom. The molecule has 34 heavy (non-hydrogen) atoms. The van der Waals surface area contributed by atoms with E-state index in [1.54, 1.807) is 12.3 Å². The minimum atomic E-state index is -0.0820. The van der Waals surface area contributed by atoms with Crippen LogP contribution in [-0.4, -0.2) is 58.1 Å². The lowest BCUT2D eigenvalue weighted by molar-refractivity contribution is 0.122. The molecule has 0 spiro atoms. The molecule has 1 saturated heterocycles. The Bertz CT molecular complexity index is 1310. The van der Waals surface area contributed by atoms with Gasteiger partial charge in [0.2, 0.25) is 0 Å². The van der Waals surface area contributed by atoms with E-state index in [-0.39, 0.29) is 13.0 Å². The van der Waals surface area contributed by atoms with E-state index in [1.165, 1.54) is 5.69 Å². The number of fused-ring (bicyclic) bond motifs is 1. The van der Waals surface area contributed by atoms with E-state index in [1.807, 2.05) is 41.1 Å². The van der Waals surface area contributed by atoms with Gasteiger partial charge in [0.05, 0.1) is 18.9 Å². The van der Waals surface area contributed by atoms with Crippen LogP contribution in [0.15, 0.2) is 61.1 Å². The predicted octanol–water partition coefficient (Wildman–Crippen LogP) is 3.31. The number of nitrogens with two attached hydrogens (primary N) is 1. The summed E-state index contributed by atoms with van der Waals surface area (Å²) in [7, 11) is 0. The average Bonchev–Trinajstić information content (AvgIpc) is 3.34. The topological polar surface area (TPSA) is 125 Å². The van der Waals surface area contributed by atoms with Crippen LogP contribution in [0.5, 0.6) is 0 Å². The zero-order valence-corrected chi connectivity index (χ0v) is 18.7. The number of hydrogen-bond acceptors (Lipinski definition) is 8. The van der Waals surface area contributed by atoms with Crippen molar-refractivity contribution in [2.45, 2.75) is 6.42 Å². The quantitative estimate of drug-likeness (QED) is 0.248. The van der Waals surface area contributed by atoms with Crippen LogP contribution in [0.3, 0.4) is 0 Å². The Morgan fingerprint density at radius 2 is 1.94 bits per heavy atom. The summed E-state index contributed by atoms with van der Waals surface area (Å²) < 4.78 is 7.36. The van der Waals surface area contributed by atoms with Gasteiger partial charge < -0.3 is 35.6 Å². The number of rotatable bonds is 7. The van der Waals surface area contributed by atoms with E-state index in [4.69, 9.17) is 26.0 Å². The molecule has 4 aromatic rings. The smallest absolute Gasteiger partial charge is 0.180 e. The van der Waals surface area contributed by atoms with Crippen LogP contribution in [0.25, 0.3) is 16.9 Å². The number of nitrogen functional groups attached to an aromatic ring is 1. The lowest BCUT2D eigenvalue weighted by Gasteiger charge is -2.28. The summed E-state index contributed by atoms with van der Waals surface area (Å²) in [5.41, 5.74) is 12.0. The van der Waals surface area contributed by atoms with Crippen molar-refractivity contribution >= 4 is 34.2 Å². The second-order valence-corrected chi connectivity index (χ2v) is 8.16. The van der Waals surface area contributed by atoms with Crippen molar-refractivity contribution in [2.75, 3.05) is 48.9 Å². The van der Waals surface area contributed by atoms with Crippen molar-refractivity contribution in [3.05, 3.63) is 66.6 Å². The van der Waals surface area contributed by atoms with Crippen LogP contribution < -0.4 is 16.0 Å². The number of aliphatic hydroxyl groups excluding tert-OH is 1. The molecule has 2 aromatic carbocycles. The molecule has 0 saturated carbocycles. The number of nitrogens with one attached hydrogen (secondary N) is 2. The molecular weight excluding hydrogens is 430 g/mol. The largest absolute Gasteiger partial charge is 0.398 e. The Morgan fingerprint density at radius 3 is 2.68 bits per heavy atom. The molecule has 5 N–H and O–H groups in total. The summed E-state index contributed by atoms with van der Waals surface area (Å²) in [6, 6.07) is 13.8. The van der Waals surface area contributed by atoms with Crippen LogP contribution in [0.2, 0.25) is 0 Å². The second-order valence-electron chi connectivity index (χ2n) is 8.16. The number of aliphatic hydroxyl groups is 1. The number of benzene rings is 2. The second kappa shape index (κ2) is 9.50. The minimum absolute atomic E-state index is 0.0820. The first-order valence-corrected chi connectivity index (χ1v) is 11.2. The highest BCUT2D eigenvalue weighted by Gasteiger charge is 2.14. The Hall–Kier alpha value is -3.95. The van der Waals surface area contributed by atoms with Gasteiger partial charge in [0, 0.05) is 78.6 Å². The maximum Gasteiger partial charge on any atom is 0.180 e. The molecule has 0 aliphatic carbocycles. The first-order chi connectivity index (χ1) is 16.6. The molecule has 0 bridgehead atoms. The van der Waals surface area contributed by atoms with Gasteiger partial charge in [-0.25, -0.2) is 9.97 Å². The number of aromatic nitrogens is 3.